The van der Waals surface area contributed by atoms with Gasteiger partial charge in [0.15, 0.2) is 5.58 Å². The van der Waals surface area contributed by atoms with E-state index in [1.165, 1.54) is 0 Å². The summed E-state index contributed by atoms with van der Waals surface area (Å²) in [6.45, 7) is 3.28. The Morgan fingerprint density at radius 1 is 1.50 bits per heavy atom. The predicted molar refractivity (Wildman–Crippen MR) is 60.1 cm³/mol. The molecule has 1 aromatic heterocycles. The van der Waals surface area contributed by atoms with Gasteiger partial charge in [-0.25, -0.2) is 4.79 Å². The molecule has 0 fully saturated rings. The molecule has 0 radical (unpaired) electrons. The van der Waals surface area contributed by atoms with E-state index in [0.29, 0.717) is 11.1 Å². The van der Waals surface area contributed by atoms with Gasteiger partial charge in [0.1, 0.15) is 0 Å². The lowest BCUT2D eigenvalue weighted by molar-refractivity contribution is 0.0517. The zero-order valence-electron chi connectivity index (χ0n) is 9.15. The molecule has 4 N–H and O–H groups in total. The Morgan fingerprint density at radius 3 is 2.81 bits per heavy atom. The van der Waals surface area contributed by atoms with Crippen LogP contribution in [0.1, 0.15) is 25.5 Å². The van der Waals surface area contributed by atoms with Crippen molar-refractivity contribution in [2.24, 2.45) is 5.73 Å². The van der Waals surface area contributed by atoms with Gasteiger partial charge in [-0.3, -0.25) is 4.98 Å². The number of nitrogens with two attached hydrogens (primary N) is 1. The zero-order chi connectivity index (χ0) is 11.9. The topological polar surface area (TPSA) is 92.2 Å². The van der Waals surface area contributed by atoms with Crippen molar-refractivity contribution in [3.8, 4) is 0 Å². The van der Waals surface area contributed by atoms with Gasteiger partial charge in [0, 0.05) is 0 Å². The summed E-state index contributed by atoms with van der Waals surface area (Å²) in [5, 5.41) is 9.80. The molecule has 0 aliphatic carbocycles. The maximum absolute atomic E-state index is 11.0. The number of aliphatic hydroxyl groups is 1. The maximum atomic E-state index is 11.0. The molecule has 86 valence electrons. The Morgan fingerprint density at radius 2 is 2.19 bits per heavy atom. The summed E-state index contributed by atoms with van der Waals surface area (Å²) >= 11 is 0. The first-order chi connectivity index (χ1) is 7.38. The lowest BCUT2D eigenvalue weighted by Gasteiger charge is -2.25. The largest absolute Gasteiger partial charge is 0.417 e. The van der Waals surface area contributed by atoms with Gasteiger partial charge in [-0.2, -0.15) is 0 Å². The number of rotatable bonds is 2. The van der Waals surface area contributed by atoms with E-state index in [1.54, 1.807) is 32.0 Å². The number of fused-ring (bicyclic) bond motifs is 1. The van der Waals surface area contributed by atoms with Crippen LogP contribution in [-0.4, -0.2) is 15.7 Å². The Bertz CT molecular complexity index is 562. The Kier molecular flexibility index (Phi) is 2.36. The van der Waals surface area contributed by atoms with Crippen molar-refractivity contribution < 1.29 is 9.52 Å². The maximum Gasteiger partial charge on any atom is 0.417 e. The first-order valence-electron chi connectivity index (χ1n) is 4.98. The number of nitrogens with one attached hydrogen (secondary N) is 1. The van der Waals surface area contributed by atoms with Crippen LogP contribution >= 0.6 is 0 Å². The van der Waals surface area contributed by atoms with Crippen molar-refractivity contribution >= 4 is 11.1 Å². The van der Waals surface area contributed by atoms with E-state index in [4.69, 9.17) is 10.2 Å². The molecule has 2 rings (SSSR count). The fourth-order valence-corrected chi connectivity index (χ4v) is 1.57. The molecule has 0 saturated carbocycles. The summed E-state index contributed by atoms with van der Waals surface area (Å²) in [5.41, 5.74) is 6.70. The smallest absolute Gasteiger partial charge is 0.408 e. The summed E-state index contributed by atoms with van der Waals surface area (Å²) in [4.78, 5) is 13.5. The van der Waals surface area contributed by atoms with Gasteiger partial charge in [0.05, 0.1) is 17.2 Å². The zero-order valence-corrected chi connectivity index (χ0v) is 9.15. The molecule has 0 spiro atoms. The molecule has 0 amide bonds. The van der Waals surface area contributed by atoms with E-state index < -0.39 is 17.4 Å². The average Bonchev–Trinajstić information content (AvgIpc) is 2.54. The number of hydrogen-bond acceptors (Lipinski definition) is 4. The lowest BCUT2D eigenvalue weighted by atomic mass is 9.93. The van der Waals surface area contributed by atoms with Crippen LogP contribution in [0.3, 0.4) is 0 Å². The van der Waals surface area contributed by atoms with Gasteiger partial charge in [-0.15, -0.1) is 0 Å². The molecular weight excluding hydrogens is 208 g/mol. The molecule has 5 nitrogen and oxygen atoms in total. The highest BCUT2D eigenvalue weighted by atomic mass is 16.4. The van der Waals surface area contributed by atoms with Crippen LogP contribution in [0.15, 0.2) is 27.4 Å². The fraction of sp³-hybridized carbons (Fsp3) is 0.364. The lowest BCUT2D eigenvalue weighted by Crippen LogP contribution is -2.34. The van der Waals surface area contributed by atoms with Gasteiger partial charge < -0.3 is 15.3 Å². The summed E-state index contributed by atoms with van der Waals surface area (Å²) in [6.07, 6.45) is 0. The fourth-order valence-electron chi connectivity index (χ4n) is 1.57. The summed E-state index contributed by atoms with van der Waals surface area (Å²) in [6, 6.07) is 4.59. The van der Waals surface area contributed by atoms with Gasteiger partial charge >= 0.3 is 5.76 Å². The van der Waals surface area contributed by atoms with Gasteiger partial charge in [-0.05, 0) is 31.5 Å². The van der Waals surface area contributed by atoms with Crippen LogP contribution < -0.4 is 11.5 Å². The Labute approximate surface area is 91.9 Å². The Balaban J connectivity index is 2.50. The molecule has 2 aromatic rings. The molecular formula is C11H14N2O3. The third-order valence-electron chi connectivity index (χ3n) is 2.56. The molecule has 0 bridgehead atoms. The molecule has 1 unspecified atom stereocenters. The SMILES string of the molecule is CC(C)(O)C(N)c1ccc2oc(=O)[nH]c2c1. The van der Waals surface area contributed by atoms with Crippen molar-refractivity contribution in [3.05, 3.63) is 34.3 Å². The second kappa shape index (κ2) is 3.47. The van der Waals surface area contributed by atoms with Crippen LogP contribution in [0.4, 0.5) is 0 Å². The number of aromatic nitrogens is 1. The first kappa shape index (κ1) is 10.9. The van der Waals surface area contributed by atoms with Crippen LogP contribution in [-0.2, 0) is 0 Å². The highest BCUT2D eigenvalue weighted by Crippen LogP contribution is 2.24. The highest BCUT2D eigenvalue weighted by Gasteiger charge is 2.24. The minimum atomic E-state index is -1.02. The number of oxazole rings is 1. The predicted octanol–water partition coefficient (Wildman–Crippen LogP) is 0.892. The first-order valence-corrected chi connectivity index (χ1v) is 4.98. The monoisotopic (exact) mass is 222 g/mol. The number of aromatic amines is 1. The van der Waals surface area contributed by atoms with Gasteiger partial charge in [0.25, 0.3) is 0 Å². The third kappa shape index (κ3) is 1.87. The van der Waals surface area contributed by atoms with E-state index in [9.17, 15) is 9.90 Å². The van der Waals surface area contributed by atoms with Crippen LogP contribution in [0.5, 0.6) is 0 Å². The standard InChI is InChI=1S/C11H14N2O3/c1-11(2,15)9(12)6-3-4-8-7(5-6)13-10(14)16-8/h3-5,9,15H,12H2,1-2H3,(H,13,14). The molecule has 1 heterocycles. The quantitative estimate of drug-likeness (QED) is 0.703. The Hall–Kier alpha value is -1.59. The van der Waals surface area contributed by atoms with E-state index in [-0.39, 0.29) is 0 Å². The second-order valence-corrected chi connectivity index (χ2v) is 4.40. The summed E-state index contributed by atoms with van der Waals surface area (Å²) in [7, 11) is 0. The van der Waals surface area contributed by atoms with Crippen molar-refractivity contribution in [2.75, 3.05) is 0 Å². The van der Waals surface area contributed by atoms with Crippen LogP contribution in [0.25, 0.3) is 11.1 Å². The van der Waals surface area contributed by atoms with Crippen molar-refractivity contribution in [1.82, 2.24) is 4.98 Å². The normalized spacial score (nSPS) is 14.2. The molecule has 16 heavy (non-hydrogen) atoms. The summed E-state index contributed by atoms with van der Waals surface area (Å²) < 4.78 is 4.87. The second-order valence-electron chi connectivity index (χ2n) is 4.40. The van der Waals surface area contributed by atoms with Crippen molar-refractivity contribution in [3.63, 3.8) is 0 Å². The third-order valence-corrected chi connectivity index (χ3v) is 2.56. The van der Waals surface area contributed by atoms with Crippen LogP contribution in [0, 0.1) is 0 Å². The van der Waals surface area contributed by atoms with E-state index in [0.717, 1.165) is 5.56 Å². The van der Waals surface area contributed by atoms with Crippen LogP contribution in [0.2, 0.25) is 0 Å². The van der Waals surface area contributed by atoms with E-state index in [1.807, 2.05) is 0 Å². The summed E-state index contributed by atoms with van der Waals surface area (Å²) in [5.74, 6) is -0.496. The molecule has 0 aliphatic heterocycles. The number of benzene rings is 1. The molecule has 1 aromatic carbocycles. The van der Waals surface area contributed by atoms with Gasteiger partial charge in [0.2, 0.25) is 0 Å². The van der Waals surface area contributed by atoms with Gasteiger partial charge in [-0.1, -0.05) is 6.07 Å². The highest BCUT2D eigenvalue weighted by molar-refractivity contribution is 5.73. The van der Waals surface area contributed by atoms with E-state index >= 15 is 0 Å². The average molecular weight is 222 g/mol. The number of hydrogen-bond donors (Lipinski definition) is 3. The minimum absolute atomic E-state index is 0.483. The number of H-pyrrole nitrogens is 1. The molecule has 0 aliphatic rings. The van der Waals surface area contributed by atoms with Crippen molar-refractivity contribution in [1.29, 1.82) is 0 Å². The van der Waals surface area contributed by atoms with E-state index in [2.05, 4.69) is 4.98 Å². The van der Waals surface area contributed by atoms with Crippen molar-refractivity contribution in [2.45, 2.75) is 25.5 Å². The molecule has 1 atom stereocenters. The molecule has 5 heteroatoms. The minimum Gasteiger partial charge on any atom is -0.408 e. The molecule has 0 saturated heterocycles.